The topological polar surface area (TPSA) is 43.8 Å². The Hall–Kier alpha value is -0.610. The smallest absolute Gasteiger partial charge is 0.307 e. The molecule has 0 aromatic heterocycles. The Morgan fingerprint density at radius 1 is 1.38 bits per heavy atom. The van der Waals surface area contributed by atoms with Crippen LogP contribution in [0.3, 0.4) is 0 Å². The van der Waals surface area contributed by atoms with Crippen LogP contribution < -0.4 is 0 Å². The highest BCUT2D eigenvalue weighted by molar-refractivity contribution is 5.69. The van der Waals surface area contributed by atoms with Crippen LogP contribution >= 0.6 is 0 Å². The number of rotatable bonds is 6. The number of likely N-dealkylation sites (N-methyl/N-ethyl adjacent to an activating group) is 2. The van der Waals surface area contributed by atoms with E-state index in [-0.39, 0.29) is 11.5 Å². The van der Waals surface area contributed by atoms with Crippen LogP contribution in [0.2, 0.25) is 0 Å². The summed E-state index contributed by atoms with van der Waals surface area (Å²) in [5.41, 5.74) is 0.285. The van der Waals surface area contributed by atoms with Gasteiger partial charge in [-0.25, -0.2) is 0 Å². The largest absolute Gasteiger partial charge is 0.481 e. The molecule has 1 aliphatic rings. The highest BCUT2D eigenvalue weighted by Crippen LogP contribution is 2.36. The summed E-state index contributed by atoms with van der Waals surface area (Å²) in [5, 5.41) is 8.87. The van der Waals surface area contributed by atoms with Crippen molar-refractivity contribution in [2.45, 2.75) is 31.7 Å². The van der Waals surface area contributed by atoms with E-state index in [0.29, 0.717) is 6.54 Å². The van der Waals surface area contributed by atoms with Gasteiger partial charge in [0.2, 0.25) is 0 Å². The molecular weight excluding hydrogens is 204 g/mol. The van der Waals surface area contributed by atoms with Gasteiger partial charge in [0.25, 0.3) is 0 Å². The van der Waals surface area contributed by atoms with Crippen molar-refractivity contribution >= 4 is 5.97 Å². The van der Waals surface area contributed by atoms with Crippen LogP contribution in [0.1, 0.15) is 26.2 Å². The SMILES string of the molecule is CC(CN(C)CC1(N(C)C)CCC1)C(=O)O. The summed E-state index contributed by atoms with van der Waals surface area (Å²) in [7, 11) is 6.25. The maximum absolute atomic E-state index is 10.8. The van der Waals surface area contributed by atoms with E-state index in [9.17, 15) is 4.79 Å². The molecule has 1 unspecified atom stereocenters. The van der Waals surface area contributed by atoms with Crippen LogP contribution in [0.5, 0.6) is 0 Å². The summed E-state index contributed by atoms with van der Waals surface area (Å²) in [6.07, 6.45) is 3.75. The van der Waals surface area contributed by atoms with E-state index in [2.05, 4.69) is 23.9 Å². The first-order chi connectivity index (χ1) is 7.37. The second-order valence-corrected chi connectivity index (χ2v) is 5.41. The summed E-state index contributed by atoms with van der Waals surface area (Å²) in [5.74, 6) is -0.997. The first kappa shape index (κ1) is 13.5. The van der Waals surface area contributed by atoms with Gasteiger partial charge in [-0.3, -0.25) is 4.79 Å². The first-order valence-corrected chi connectivity index (χ1v) is 5.96. The number of hydrogen-bond donors (Lipinski definition) is 1. The Labute approximate surface area is 98.2 Å². The quantitative estimate of drug-likeness (QED) is 0.740. The molecule has 1 fully saturated rings. The van der Waals surface area contributed by atoms with Crippen molar-refractivity contribution < 1.29 is 9.90 Å². The number of carbonyl (C=O) groups is 1. The minimum Gasteiger partial charge on any atom is -0.481 e. The molecule has 0 aromatic rings. The molecular formula is C12H24N2O2. The molecule has 94 valence electrons. The van der Waals surface area contributed by atoms with Crippen LogP contribution in [0, 0.1) is 5.92 Å². The fourth-order valence-corrected chi connectivity index (χ4v) is 2.44. The average molecular weight is 228 g/mol. The molecule has 0 bridgehead atoms. The zero-order valence-electron chi connectivity index (χ0n) is 10.9. The van der Waals surface area contributed by atoms with E-state index in [0.717, 1.165) is 6.54 Å². The molecule has 0 aromatic carbocycles. The van der Waals surface area contributed by atoms with Crippen molar-refractivity contribution in [2.24, 2.45) is 5.92 Å². The van der Waals surface area contributed by atoms with Gasteiger partial charge < -0.3 is 14.9 Å². The molecule has 4 nitrogen and oxygen atoms in total. The van der Waals surface area contributed by atoms with Crippen LogP contribution in [0.25, 0.3) is 0 Å². The summed E-state index contributed by atoms with van der Waals surface area (Å²) >= 11 is 0. The van der Waals surface area contributed by atoms with Gasteiger partial charge in [-0.2, -0.15) is 0 Å². The second kappa shape index (κ2) is 5.15. The number of hydrogen-bond acceptors (Lipinski definition) is 3. The lowest BCUT2D eigenvalue weighted by atomic mass is 9.75. The lowest BCUT2D eigenvalue weighted by molar-refractivity contribution is -0.141. The van der Waals surface area contributed by atoms with Crippen molar-refractivity contribution in [3.63, 3.8) is 0 Å². The number of nitrogens with zero attached hydrogens (tertiary/aromatic N) is 2. The van der Waals surface area contributed by atoms with E-state index in [1.54, 1.807) is 6.92 Å². The molecule has 0 aliphatic heterocycles. The molecule has 0 radical (unpaired) electrons. The van der Waals surface area contributed by atoms with Gasteiger partial charge in [-0.1, -0.05) is 6.92 Å². The molecule has 0 saturated heterocycles. The fourth-order valence-electron chi connectivity index (χ4n) is 2.44. The van der Waals surface area contributed by atoms with Gasteiger partial charge >= 0.3 is 5.97 Å². The third-order valence-electron chi connectivity index (χ3n) is 3.80. The van der Waals surface area contributed by atoms with E-state index in [1.165, 1.54) is 19.3 Å². The van der Waals surface area contributed by atoms with E-state index >= 15 is 0 Å². The Kier molecular flexibility index (Phi) is 4.33. The van der Waals surface area contributed by atoms with E-state index < -0.39 is 5.97 Å². The van der Waals surface area contributed by atoms with Gasteiger partial charge in [-0.05, 0) is 40.4 Å². The monoisotopic (exact) mass is 228 g/mol. The molecule has 1 atom stereocenters. The van der Waals surface area contributed by atoms with Crippen LogP contribution in [0.15, 0.2) is 0 Å². The number of carboxylic acid groups (broad SMARTS) is 1. The Morgan fingerprint density at radius 2 is 1.94 bits per heavy atom. The normalized spacial score (nSPS) is 20.9. The second-order valence-electron chi connectivity index (χ2n) is 5.41. The standard InChI is InChI=1S/C12H24N2O2/c1-10(11(15)16)8-14(4)9-12(13(2)3)6-5-7-12/h10H,5-9H2,1-4H3,(H,15,16). The number of carboxylic acids is 1. The van der Waals surface area contributed by atoms with Crippen molar-refractivity contribution in [2.75, 3.05) is 34.2 Å². The minimum absolute atomic E-state index is 0.285. The van der Waals surface area contributed by atoms with E-state index in [4.69, 9.17) is 5.11 Å². The molecule has 1 rings (SSSR count). The third-order valence-corrected chi connectivity index (χ3v) is 3.80. The maximum atomic E-state index is 10.8. The average Bonchev–Trinajstić information content (AvgIpc) is 2.10. The maximum Gasteiger partial charge on any atom is 0.307 e. The Bertz CT molecular complexity index is 249. The molecule has 0 heterocycles. The lowest BCUT2D eigenvalue weighted by Gasteiger charge is -2.49. The highest BCUT2D eigenvalue weighted by Gasteiger charge is 2.39. The van der Waals surface area contributed by atoms with Crippen molar-refractivity contribution in [3.05, 3.63) is 0 Å². The predicted molar refractivity (Wildman–Crippen MR) is 64.6 cm³/mol. The molecule has 4 heteroatoms. The van der Waals surface area contributed by atoms with Crippen LogP contribution in [-0.4, -0.2) is 60.6 Å². The first-order valence-electron chi connectivity index (χ1n) is 5.96. The summed E-state index contributed by atoms with van der Waals surface area (Å²) < 4.78 is 0. The highest BCUT2D eigenvalue weighted by atomic mass is 16.4. The zero-order valence-corrected chi connectivity index (χ0v) is 10.9. The molecule has 1 saturated carbocycles. The van der Waals surface area contributed by atoms with Gasteiger partial charge in [0.1, 0.15) is 0 Å². The molecule has 16 heavy (non-hydrogen) atoms. The number of aliphatic carboxylic acids is 1. The van der Waals surface area contributed by atoms with Crippen molar-refractivity contribution in [3.8, 4) is 0 Å². The Balaban J connectivity index is 2.44. The van der Waals surface area contributed by atoms with Gasteiger partial charge in [-0.15, -0.1) is 0 Å². The molecule has 0 amide bonds. The summed E-state index contributed by atoms with van der Waals surface area (Å²) in [6, 6.07) is 0. The fraction of sp³-hybridized carbons (Fsp3) is 0.917. The zero-order chi connectivity index (χ0) is 12.3. The van der Waals surface area contributed by atoms with Gasteiger partial charge in [0, 0.05) is 18.6 Å². The van der Waals surface area contributed by atoms with Gasteiger partial charge in [0.15, 0.2) is 0 Å². The summed E-state index contributed by atoms with van der Waals surface area (Å²) in [6.45, 7) is 3.37. The molecule has 1 N–H and O–H groups in total. The van der Waals surface area contributed by atoms with Crippen molar-refractivity contribution in [1.82, 2.24) is 9.80 Å². The predicted octanol–water partition coefficient (Wildman–Crippen LogP) is 1.12. The molecule has 1 aliphatic carbocycles. The Morgan fingerprint density at radius 3 is 2.25 bits per heavy atom. The van der Waals surface area contributed by atoms with Crippen LogP contribution in [-0.2, 0) is 4.79 Å². The molecule has 0 spiro atoms. The van der Waals surface area contributed by atoms with E-state index in [1.807, 2.05) is 7.05 Å². The van der Waals surface area contributed by atoms with Crippen LogP contribution in [0.4, 0.5) is 0 Å². The summed E-state index contributed by atoms with van der Waals surface area (Å²) in [4.78, 5) is 15.2. The van der Waals surface area contributed by atoms with Gasteiger partial charge in [0.05, 0.1) is 5.92 Å². The van der Waals surface area contributed by atoms with Crippen molar-refractivity contribution in [1.29, 1.82) is 0 Å². The minimum atomic E-state index is -0.709. The third kappa shape index (κ3) is 2.95. The lowest BCUT2D eigenvalue weighted by Crippen LogP contribution is -2.57.